The summed E-state index contributed by atoms with van der Waals surface area (Å²) in [5, 5.41) is 7.29. The average Bonchev–Trinajstić information content (AvgIpc) is 2.84. The molecule has 1 fully saturated rings. The molecule has 84 valence electrons. The minimum Gasteiger partial charge on any atom is -0.374 e. The summed E-state index contributed by atoms with van der Waals surface area (Å²) < 4.78 is 10.4. The topological polar surface area (TPSA) is 60.2 Å². The maximum atomic E-state index is 5.26. The molecule has 5 nitrogen and oxygen atoms in total. The first-order chi connectivity index (χ1) is 7.22. The van der Waals surface area contributed by atoms with Gasteiger partial charge in [-0.2, -0.15) is 4.98 Å². The van der Waals surface area contributed by atoms with Gasteiger partial charge in [-0.3, -0.25) is 0 Å². The van der Waals surface area contributed by atoms with Gasteiger partial charge in [0.05, 0.1) is 5.92 Å². The Labute approximate surface area is 89.2 Å². The van der Waals surface area contributed by atoms with Crippen molar-refractivity contribution in [2.75, 3.05) is 13.7 Å². The van der Waals surface area contributed by atoms with Gasteiger partial charge in [0.1, 0.15) is 6.10 Å². The van der Waals surface area contributed by atoms with Crippen LogP contribution in [0.25, 0.3) is 0 Å². The first-order valence-electron chi connectivity index (χ1n) is 5.32. The van der Waals surface area contributed by atoms with E-state index in [1.54, 1.807) is 7.11 Å². The van der Waals surface area contributed by atoms with E-state index in [1.165, 1.54) is 0 Å². The minimum atomic E-state index is -0.104. The Morgan fingerprint density at radius 2 is 2.40 bits per heavy atom. The van der Waals surface area contributed by atoms with Gasteiger partial charge in [0.25, 0.3) is 0 Å². The fourth-order valence-electron chi connectivity index (χ4n) is 1.86. The average molecular weight is 211 g/mol. The lowest BCUT2D eigenvalue weighted by molar-refractivity contribution is 0.109. The normalized spacial score (nSPS) is 28.2. The second-order valence-corrected chi connectivity index (χ2v) is 4.01. The van der Waals surface area contributed by atoms with Crippen LogP contribution in [0.15, 0.2) is 4.52 Å². The van der Waals surface area contributed by atoms with Gasteiger partial charge in [0, 0.05) is 13.2 Å². The van der Waals surface area contributed by atoms with Gasteiger partial charge in [-0.15, -0.1) is 0 Å². The second kappa shape index (κ2) is 4.28. The molecule has 0 aromatic carbocycles. The Kier molecular flexibility index (Phi) is 3.02. The number of nitrogens with one attached hydrogen (secondary N) is 1. The van der Waals surface area contributed by atoms with Crippen LogP contribution >= 0.6 is 0 Å². The van der Waals surface area contributed by atoms with Gasteiger partial charge in [-0.25, -0.2) is 0 Å². The molecule has 0 spiro atoms. The third kappa shape index (κ3) is 2.03. The predicted molar refractivity (Wildman–Crippen MR) is 54.5 cm³/mol. The smallest absolute Gasteiger partial charge is 0.231 e. The van der Waals surface area contributed by atoms with Gasteiger partial charge in [-0.1, -0.05) is 5.16 Å². The summed E-state index contributed by atoms with van der Waals surface area (Å²) in [6, 6.07) is 0.413. The van der Waals surface area contributed by atoms with Crippen LogP contribution in [0.4, 0.5) is 0 Å². The molecule has 2 rings (SSSR count). The molecule has 3 atom stereocenters. The van der Waals surface area contributed by atoms with Gasteiger partial charge in [0.2, 0.25) is 5.89 Å². The molecule has 1 aromatic heterocycles. The highest BCUT2D eigenvalue weighted by Crippen LogP contribution is 2.27. The molecule has 0 aliphatic carbocycles. The highest BCUT2D eigenvalue weighted by atomic mass is 16.5. The van der Waals surface area contributed by atoms with Crippen molar-refractivity contribution >= 4 is 0 Å². The van der Waals surface area contributed by atoms with Crippen LogP contribution < -0.4 is 5.32 Å². The Morgan fingerprint density at radius 1 is 1.60 bits per heavy atom. The Hall–Kier alpha value is -0.940. The maximum absolute atomic E-state index is 5.26. The Morgan fingerprint density at radius 3 is 3.00 bits per heavy atom. The van der Waals surface area contributed by atoms with Gasteiger partial charge in [0.15, 0.2) is 5.82 Å². The van der Waals surface area contributed by atoms with Crippen molar-refractivity contribution in [1.29, 1.82) is 0 Å². The van der Waals surface area contributed by atoms with E-state index < -0.39 is 0 Å². The van der Waals surface area contributed by atoms with Crippen LogP contribution in [-0.2, 0) is 4.74 Å². The number of nitrogens with zero attached hydrogens (tertiary/aromatic N) is 2. The first-order valence-corrected chi connectivity index (χ1v) is 5.32. The summed E-state index contributed by atoms with van der Waals surface area (Å²) in [6.45, 7) is 5.07. The van der Waals surface area contributed by atoms with Crippen molar-refractivity contribution in [3.8, 4) is 0 Å². The van der Waals surface area contributed by atoms with E-state index in [0.717, 1.165) is 18.9 Å². The molecule has 1 N–H and O–H groups in total. The second-order valence-electron chi connectivity index (χ2n) is 4.01. The molecular formula is C10H17N3O2. The van der Waals surface area contributed by atoms with E-state index in [2.05, 4.69) is 22.4 Å². The molecule has 1 aliphatic rings. The van der Waals surface area contributed by atoms with Crippen molar-refractivity contribution in [2.45, 2.75) is 38.3 Å². The highest BCUT2D eigenvalue weighted by Gasteiger charge is 2.29. The van der Waals surface area contributed by atoms with Crippen LogP contribution in [0.1, 0.15) is 44.0 Å². The maximum Gasteiger partial charge on any atom is 0.231 e. The lowest BCUT2D eigenvalue weighted by atomic mass is 10.0. The molecule has 1 saturated heterocycles. The van der Waals surface area contributed by atoms with Crippen molar-refractivity contribution in [1.82, 2.24) is 15.5 Å². The largest absolute Gasteiger partial charge is 0.374 e. The monoisotopic (exact) mass is 211 g/mol. The van der Waals surface area contributed by atoms with Crippen molar-refractivity contribution in [2.24, 2.45) is 0 Å². The summed E-state index contributed by atoms with van der Waals surface area (Å²) in [4.78, 5) is 4.37. The Balaban J connectivity index is 2.12. The molecule has 3 unspecified atom stereocenters. The lowest BCUT2D eigenvalue weighted by Crippen LogP contribution is -2.21. The SMILES string of the molecule is COC(C)c1noc(C2CCNC2C)n1. The predicted octanol–water partition coefficient (Wildman–Crippen LogP) is 1.24. The number of aromatic nitrogens is 2. The minimum absolute atomic E-state index is 0.104. The molecule has 5 heteroatoms. The van der Waals surface area contributed by atoms with Gasteiger partial charge in [-0.05, 0) is 26.8 Å². The van der Waals surface area contributed by atoms with E-state index in [1.807, 2.05) is 6.92 Å². The van der Waals surface area contributed by atoms with E-state index in [0.29, 0.717) is 17.8 Å². The molecule has 0 saturated carbocycles. The molecule has 0 radical (unpaired) electrons. The van der Waals surface area contributed by atoms with Crippen LogP contribution in [0.5, 0.6) is 0 Å². The fourth-order valence-corrected chi connectivity index (χ4v) is 1.86. The number of rotatable bonds is 3. The van der Waals surface area contributed by atoms with Crippen molar-refractivity contribution in [3.63, 3.8) is 0 Å². The summed E-state index contributed by atoms with van der Waals surface area (Å²) >= 11 is 0. The van der Waals surface area contributed by atoms with Crippen molar-refractivity contribution in [3.05, 3.63) is 11.7 Å². The first kappa shape index (κ1) is 10.6. The molecule has 0 amide bonds. The lowest BCUT2D eigenvalue weighted by Gasteiger charge is -2.09. The molecular weight excluding hydrogens is 194 g/mol. The molecule has 0 bridgehead atoms. The number of hydrogen-bond donors (Lipinski definition) is 1. The van der Waals surface area contributed by atoms with E-state index in [4.69, 9.17) is 9.26 Å². The zero-order chi connectivity index (χ0) is 10.8. The number of hydrogen-bond acceptors (Lipinski definition) is 5. The fraction of sp³-hybridized carbons (Fsp3) is 0.800. The summed E-state index contributed by atoms with van der Waals surface area (Å²) in [7, 11) is 1.64. The van der Waals surface area contributed by atoms with Gasteiger partial charge >= 0.3 is 0 Å². The van der Waals surface area contributed by atoms with E-state index >= 15 is 0 Å². The molecule has 1 aliphatic heterocycles. The third-order valence-corrected chi connectivity index (χ3v) is 3.02. The van der Waals surface area contributed by atoms with Crippen LogP contribution in [0, 0.1) is 0 Å². The quantitative estimate of drug-likeness (QED) is 0.815. The van der Waals surface area contributed by atoms with Gasteiger partial charge < -0.3 is 14.6 Å². The van der Waals surface area contributed by atoms with Crippen molar-refractivity contribution < 1.29 is 9.26 Å². The zero-order valence-corrected chi connectivity index (χ0v) is 9.36. The van der Waals surface area contributed by atoms with Crippen LogP contribution in [0.3, 0.4) is 0 Å². The molecule has 2 heterocycles. The van der Waals surface area contributed by atoms with Crippen LogP contribution in [-0.4, -0.2) is 29.8 Å². The van der Waals surface area contributed by atoms with E-state index in [9.17, 15) is 0 Å². The number of ether oxygens (including phenoxy) is 1. The molecule has 1 aromatic rings. The van der Waals surface area contributed by atoms with Crippen LogP contribution in [0.2, 0.25) is 0 Å². The highest BCUT2D eigenvalue weighted by molar-refractivity contribution is 5.02. The Bertz CT molecular complexity index is 326. The molecule has 15 heavy (non-hydrogen) atoms. The van der Waals surface area contributed by atoms with E-state index in [-0.39, 0.29) is 6.10 Å². The standard InChI is InChI=1S/C10H17N3O2/c1-6-8(4-5-11-6)10-12-9(13-15-10)7(2)14-3/h6-8,11H,4-5H2,1-3H3. The zero-order valence-electron chi connectivity index (χ0n) is 9.36. The third-order valence-electron chi connectivity index (χ3n) is 3.02. The summed E-state index contributed by atoms with van der Waals surface area (Å²) in [5.41, 5.74) is 0. The summed E-state index contributed by atoms with van der Waals surface area (Å²) in [5.74, 6) is 1.70. The number of methoxy groups -OCH3 is 1. The summed E-state index contributed by atoms with van der Waals surface area (Å²) in [6.07, 6.45) is 0.955.